The van der Waals surface area contributed by atoms with Crippen molar-refractivity contribution in [2.45, 2.75) is 58.0 Å². The highest BCUT2D eigenvalue weighted by molar-refractivity contribution is 5.44. The van der Waals surface area contributed by atoms with Gasteiger partial charge in [-0.15, -0.1) is 0 Å². The standard InChI is InChI=1S/C10H5N11O22/c22-11(23)1-6(16(32)33)2(12(24)25)8(18(36)37)4(14(28)29)7(1,17(34)35)5(15(30)31)9(19(38)39,3(6)13(26)27)10(8,20(40)41)21(42)43/h1-5H. The van der Waals surface area contributed by atoms with Crippen LogP contribution in [0.25, 0.3) is 0 Å². The molecule has 33 heteroatoms. The fourth-order valence-corrected chi connectivity index (χ4v) is 7.62. The first-order valence-electron chi connectivity index (χ1n) is 10.0. The van der Waals surface area contributed by atoms with Gasteiger partial charge >= 0.3 is 58.0 Å². The van der Waals surface area contributed by atoms with Gasteiger partial charge in [-0.1, -0.05) is 0 Å². The molecule has 0 N–H and O–H groups in total. The van der Waals surface area contributed by atoms with Gasteiger partial charge in [-0.3, -0.25) is 111 Å². The molecule has 4 bridgehead atoms. The van der Waals surface area contributed by atoms with Crippen molar-refractivity contribution in [1.82, 2.24) is 0 Å². The van der Waals surface area contributed by atoms with E-state index in [0.29, 0.717) is 0 Å². The van der Waals surface area contributed by atoms with Crippen molar-refractivity contribution < 1.29 is 54.2 Å². The normalized spacial score (nSPS) is 38.3. The molecule has 4 saturated carbocycles. The third-order valence-electron chi connectivity index (χ3n) is 8.23. The largest absolute Gasteiger partial charge is 0.623 e. The van der Waals surface area contributed by atoms with Crippen molar-refractivity contribution in [1.29, 1.82) is 0 Å². The molecule has 0 aromatic carbocycles. The van der Waals surface area contributed by atoms with Crippen LogP contribution in [-0.2, 0) is 0 Å². The zero-order chi connectivity index (χ0) is 33.7. The Bertz CT molecular complexity index is 1370. The second-order valence-corrected chi connectivity index (χ2v) is 9.08. The van der Waals surface area contributed by atoms with Gasteiger partial charge in [0.05, 0.1) is 9.85 Å². The van der Waals surface area contributed by atoms with Crippen LogP contribution in [0.2, 0.25) is 0 Å². The van der Waals surface area contributed by atoms with Crippen molar-refractivity contribution in [3.63, 3.8) is 0 Å². The lowest BCUT2D eigenvalue weighted by molar-refractivity contribution is -0.989. The van der Waals surface area contributed by atoms with E-state index in [9.17, 15) is 111 Å². The van der Waals surface area contributed by atoms with Crippen LogP contribution in [0.1, 0.15) is 0 Å². The van der Waals surface area contributed by atoms with E-state index < -0.39 is 112 Å². The average molecular weight is 631 g/mol. The van der Waals surface area contributed by atoms with Gasteiger partial charge in [-0.05, 0) is 0 Å². The highest BCUT2D eigenvalue weighted by Gasteiger charge is 3.32. The van der Waals surface area contributed by atoms with Gasteiger partial charge < -0.3 is 0 Å². The fraction of sp³-hybridized carbons (Fsp3) is 1.00. The Balaban J connectivity index is 3.21. The molecule has 4 unspecified atom stereocenters. The Hall–Kier alpha value is -6.60. The molecule has 0 heterocycles. The predicted molar refractivity (Wildman–Crippen MR) is 110 cm³/mol. The first kappa shape index (κ1) is 30.9. The van der Waals surface area contributed by atoms with E-state index in [2.05, 4.69) is 0 Å². The summed E-state index contributed by atoms with van der Waals surface area (Å²) < 4.78 is 0. The van der Waals surface area contributed by atoms with Crippen LogP contribution >= 0.6 is 0 Å². The first-order chi connectivity index (χ1) is 19.5. The Labute approximate surface area is 224 Å². The van der Waals surface area contributed by atoms with E-state index in [0.717, 1.165) is 0 Å². The average Bonchev–Trinajstić information content (AvgIpc) is 2.80. The van der Waals surface area contributed by atoms with Crippen molar-refractivity contribution in [2.75, 3.05) is 0 Å². The van der Waals surface area contributed by atoms with Gasteiger partial charge in [0, 0.05) is 34.5 Å². The van der Waals surface area contributed by atoms with E-state index in [1.54, 1.807) is 0 Å². The molecule has 4 rings (SSSR count). The zero-order valence-corrected chi connectivity index (χ0v) is 19.3. The second-order valence-electron chi connectivity index (χ2n) is 9.08. The van der Waals surface area contributed by atoms with Crippen LogP contribution in [0.4, 0.5) is 0 Å². The van der Waals surface area contributed by atoms with Gasteiger partial charge in [0.15, 0.2) is 0 Å². The third kappa shape index (κ3) is 2.43. The van der Waals surface area contributed by atoms with Gasteiger partial charge in [0.25, 0.3) is 0 Å². The molecule has 0 radical (unpaired) electrons. The number of nitro groups is 11. The van der Waals surface area contributed by atoms with Gasteiger partial charge in [-0.2, -0.15) is 0 Å². The van der Waals surface area contributed by atoms with Crippen LogP contribution in [0.3, 0.4) is 0 Å². The van der Waals surface area contributed by atoms with E-state index in [1.165, 1.54) is 0 Å². The smallest absolute Gasteiger partial charge is 0.264 e. The third-order valence-corrected chi connectivity index (χ3v) is 8.23. The summed E-state index contributed by atoms with van der Waals surface area (Å²) in [6.07, 6.45) is 0. The monoisotopic (exact) mass is 631 g/mol. The molecule has 4 aliphatic carbocycles. The van der Waals surface area contributed by atoms with Crippen LogP contribution in [0, 0.1) is 111 Å². The molecular formula is C10H5N11O22. The molecule has 232 valence electrons. The Morgan fingerprint density at radius 3 is 0.628 bits per heavy atom. The van der Waals surface area contributed by atoms with E-state index in [4.69, 9.17) is 0 Å². The lowest BCUT2D eigenvalue weighted by Gasteiger charge is -2.55. The van der Waals surface area contributed by atoms with Gasteiger partial charge in [0.1, 0.15) is 9.85 Å². The molecular weight excluding hydrogens is 626 g/mol. The lowest BCUT2D eigenvalue weighted by atomic mass is 9.32. The minimum Gasteiger partial charge on any atom is -0.264 e. The lowest BCUT2D eigenvalue weighted by Crippen LogP contribution is -3.13. The molecule has 0 amide bonds. The number of hydrogen-bond donors (Lipinski definition) is 0. The molecule has 4 fully saturated rings. The maximum absolute atomic E-state index is 12.6. The number of hydrogen-bond acceptors (Lipinski definition) is 22. The molecule has 4 aliphatic rings. The predicted octanol–water partition coefficient (Wildman–Crippen LogP) is -4.43. The van der Waals surface area contributed by atoms with Gasteiger partial charge in [0.2, 0.25) is 0 Å². The number of nitrogens with zero attached hydrogens (tertiary/aromatic N) is 11. The van der Waals surface area contributed by atoms with Crippen molar-refractivity contribution in [2.24, 2.45) is 0 Å². The SMILES string of the molecule is O=[N+]([O-])C1C2([N+](=O)[O-])C([N+](=O)[O-])C3([N+](=O)[O-])C([N+](=O)[O-])C1([N+](=O)[O-])C([N+](=O)[O-])C([N+](=O)[O-])(C2[N+](=O)[O-])C3([N+](=O)[O-])[N+](=O)[O-]. The summed E-state index contributed by atoms with van der Waals surface area (Å²) in [5, 5.41) is 137. The fourth-order valence-electron chi connectivity index (χ4n) is 7.62. The molecule has 0 spiro atoms. The zero-order valence-electron chi connectivity index (χ0n) is 19.3. The highest BCUT2D eigenvalue weighted by Crippen LogP contribution is 2.71. The summed E-state index contributed by atoms with van der Waals surface area (Å²) >= 11 is 0. The van der Waals surface area contributed by atoms with Crippen LogP contribution in [-0.4, -0.2) is 112 Å². The van der Waals surface area contributed by atoms with Crippen molar-refractivity contribution in [3.8, 4) is 0 Å². The minimum absolute atomic E-state index is 2.55. The molecule has 4 atom stereocenters. The molecule has 33 nitrogen and oxygen atoms in total. The minimum atomic E-state index is -6.31. The van der Waals surface area contributed by atoms with Crippen LogP contribution in [0.15, 0.2) is 0 Å². The molecule has 0 aromatic heterocycles. The highest BCUT2D eigenvalue weighted by atomic mass is 16.7. The summed E-state index contributed by atoms with van der Waals surface area (Å²) in [5.74, 6) is 0. The molecule has 0 aromatic rings. The van der Waals surface area contributed by atoms with Crippen molar-refractivity contribution >= 4 is 0 Å². The Kier molecular flexibility index (Phi) is 5.91. The maximum atomic E-state index is 12.6. The van der Waals surface area contributed by atoms with E-state index >= 15 is 0 Å². The van der Waals surface area contributed by atoms with Crippen molar-refractivity contribution in [3.05, 3.63) is 111 Å². The summed E-state index contributed by atoms with van der Waals surface area (Å²) in [6, 6.07) is -24.8. The van der Waals surface area contributed by atoms with Crippen LogP contribution in [0.5, 0.6) is 0 Å². The van der Waals surface area contributed by atoms with E-state index in [1.807, 2.05) is 0 Å². The molecule has 0 saturated heterocycles. The second kappa shape index (κ2) is 8.22. The van der Waals surface area contributed by atoms with E-state index in [-0.39, 0.29) is 0 Å². The molecule has 43 heavy (non-hydrogen) atoms. The Morgan fingerprint density at radius 1 is 0.302 bits per heavy atom. The number of rotatable bonds is 11. The van der Waals surface area contributed by atoms with Gasteiger partial charge in [-0.25, -0.2) is 0 Å². The Morgan fingerprint density at radius 2 is 0.512 bits per heavy atom. The maximum Gasteiger partial charge on any atom is 0.623 e. The summed E-state index contributed by atoms with van der Waals surface area (Å²) in [4.78, 5) is 106. The summed E-state index contributed by atoms with van der Waals surface area (Å²) in [6.45, 7) is 0. The topological polar surface area (TPSA) is 475 Å². The summed E-state index contributed by atoms with van der Waals surface area (Å²) in [5.41, 5.74) is -29.6. The van der Waals surface area contributed by atoms with Crippen LogP contribution < -0.4 is 0 Å². The summed E-state index contributed by atoms with van der Waals surface area (Å²) in [7, 11) is 0. The first-order valence-corrected chi connectivity index (χ1v) is 10.0. The molecule has 0 aliphatic heterocycles. The quantitative estimate of drug-likeness (QED) is 0.118.